The largest absolute Gasteiger partial charge is 0.453 e. The quantitative estimate of drug-likeness (QED) is 0.386. The average Bonchev–Trinajstić information content (AvgIpc) is 1.38. The molecule has 0 amide bonds. The maximum absolute atomic E-state index is 7.89. The smallest absolute Gasteiger partial charge is 0.305 e. The molecule has 0 aromatic rings. The fraction of sp³-hybridized carbons (Fsp3) is 1.00. The van der Waals surface area contributed by atoms with Crippen LogP contribution in [0.1, 0.15) is 6.92 Å². The standard InChI is InChI=1S/C2H7BNO/c1-2(4)3-5/h2,5H,4H2,1H3. The highest BCUT2D eigenvalue weighted by molar-refractivity contribution is 6.27. The van der Waals surface area contributed by atoms with Crippen molar-refractivity contribution in [2.24, 2.45) is 5.73 Å². The molecule has 29 valence electrons. The Morgan fingerprint density at radius 2 is 2.20 bits per heavy atom. The van der Waals surface area contributed by atoms with Crippen molar-refractivity contribution in [1.29, 1.82) is 0 Å². The van der Waals surface area contributed by atoms with Crippen LogP contribution in [-0.4, -0.2) is 18.4 Å². The van der Waals surface area contributed by atoms with Gasteiger partial charge >= 0.3 is 7.48 Å². The van der Waals surface area contributed by atoms with Crippen molar-refractivity contribution < 1.29 is 5.02 Å². The maximum Gasteiger partial charge on any atom is 0.305 e. The van der Waals surface area contributed by atoms with Crippen LogP contribution in [-0.2, 0) is 0 Å². The molecule has 0 aliphatic heterocycles. The third-order valence-electron chi connectivity index (χ3n) is 0.235. The molecule has 1 radical (unpaired) electrons. The van der Waals surface area contributed by atoms with Gasteiger partial charge in [0.1, 0.15) is 0 Å². The minimum absolute atomic E-state index is 0.185. The van der Waals surface area contributed by atoms with Crippen LogP contribution in [0.5, 0.6) is 0 Å². The molecular formula is C2H7BNO. The minimum Gasteiger partial charge on any atom is -0.453 e. The van der Waals surface area contributed by atoms with Gasteiger partial charge in [0.15, 0.2) is 0 Å². The first-order chi connectivity index (χ1) is 2.27. The Balaban J connectivity index is 2.54. The molecule has 0 heterocycles. The van der Waals surface area contributed by atoms with E-state index in [1.54, 1.807) is 6.92 Å². The van der Waals surface area contributed by atoms with Gasteiger partial charge in [-0.05, 0) is 0 Å². The molecule has 1 unspecified atom stereocenters. The zero-order valence-electron chi connectivity index (χ0n) is 3.18. The number of hydrogen-bond donors (Lipinski definition) is 2. The predicted octanol–water partition coefficient (Wildman–Crippen LogP) is -1.10. The van der Waals surface area contributed by atoms with Gasteiger partial charge in [-0.15, -0.1) is 0 Å². The van der Waals surface area contributed by atoms with Crippen molar-refractivity contribution in [3.05, 3.63) is 0 Å². The second-order valence-electron chi connectivity index (χ2n) is 1.01. The number of rotatable bonds is 1. The summed E-state index contributed by atoms with van der Waals surface area (Å²) in [5.41, 5.74) is 4.99. The van der Waals surface area contributed by atoms with E-state index in [9.17, 15) is 0 Å². The Labute approximate surface area is 32.3 Å². The van der Waals surface area contributed by atoms with E-state index in [2.05, 4.69) is 0 Å². The highest BCUT2D eigenvalue weighted by atomic mass is 16.2. The van der Waals surface area contributed by atoms with E-state index in [-0.39, 0.29) is 5.94 Å². The van der Waals surface area contributed by atoms with Crippen LogP contribution in [0.25, 0.3) is 0 Å². The van der Waals surface area contributed by atoms with E-state index < -0.39 is 0 Å². The van der Waals surface area contributed by atoms with E-state index in [1.165, 1.54) is 0 Å². The lowest BCUT2D eigenvalue weighted by molar-refractivity contribution is 0.586. The molecule has 0 bridgehead atoms. The van der Waals surface area contributed by atoms with Gasteiger partial charge < -0.3 is 10.8 Å². The predicted molar refractivity (Wildman–Crippen MR) is 21.6 cm³/mol. The van der Waals surface area contributed by atoms with Crippen LogP contribution in [0.2, 0.25) is 0 Å². The van der Waals surface area contributed by atoms with E-state index in [1.807, 2.05) is 0 Å². The molecule has 0 aliphatic carbocycles. The molecule has 0 aromatic heterocycles. The van der Waals surface area contributed by atoms with Gasteiger partial charge in [-0.3, -0.25) is 0 Å². The van der Waals surface area contributed by atoms with Crippen molar-refractivity contribution in [3.8, 4) is 0 Å². The van der Waals surface area contributed by atoms with Gasteiger partial charge in [-0.25, -0.2) is 0 Å². The second-order valence-corrected chi connectivity index (χ2v) is 1.01. The maximum atomic E-state index is 7.89. The van der Waals surface area contributed by atoms with Crippen molar-refractivity contribution in [2.75, 3.05) is 0 Å². The molecule has 0 rings (SSSR count). The van der Waals surface area contributed by atoms with Gasteiger partial charge in [0.05, 0.1) is 0 Å². The molecule has 0 saturated heterocycles. The average molecular weight is 71.9 g/mol. The van der Waals surface area contributed by atoms with Crippen molar-refractivity contribution >= 4 is 7.48 Å². The molecule has 0 spiro atoms. The van der Waals surface area contributed by atoms with Crippen molar-refractivity contribution in [1.82, 2.24) is 0 Å². The van der Waals surface area contributed by atoms with Crippen molar-refractivity contribution in [2.45, 2.75) is 12.9 Å². The number of hydrogen-bond acceptors (Lipinski definition) is 2. The van der Waals surface area contributed by atoms with E-state index in [0.29, 0.717) is 0 Å². The van der Waals surface area contributed by atoms with Gasteiger partial charge in [0.25, 0.3) is 0 Å². The summed E-state index contributed by atoms with van der Waals surface area (Å²) in [5.74, 6) is -0.185. The summed E-state index contributed by atoms with van der Waals surface area (Å²) in [6, 6.07) is 0. The normalized spacial score (nSPS) is 14.2. The third kappa shape index (κ3) is 3.98. The lowest BCUT2D eigenvalue weighted by Gasteiger charge is -1.87. The molecular weight excluding hydrogens is 64.8 g/mol. The highest BCUT2D eigenvalue weighted by Crippen LogP contribution is 1.58. The van der Waals surface area contributed by atoms with Crippen LogP contribution in [0.3, 0.4) is 0 Å². The summed E-state index contributed by atoms with van der Waals surface area (Å²) in [4.78, 5) is 0. The summed E-state index contributed by atoms with van der Waals surface area (Å²) in [6.45, 7) is 1.69. The highest BCUT2D eigenvalue weighted by Gasteiger charge is 1.87. The Morgan fingerprint density at radius 3 is 2.20 bits per heavy atom. The minimum atomic E-state index is -0.185. The molecule has 3 heteroatoms. The Kier molecular flexibility index (Phi) is 2.23. The summed E-state index contributed by atoms with van der Waals surface area (Å²) >= 11 is 0. The Hall–Kier alpha value is -0.0151. The zero-order valence-corrected chi connectivity index (χ0v) is 3.18. The topological polar surface area (TPSA) is 46.2 Å². The lowest BCUT2D eigenvalue weighted by Crippen LogP contribution is -2.22. The molecule has 0 fully saturated rings. The molecule has 0 aromatic carbocycles. The van der Waals surface area contributed by atoms with E-state index in [4.69, 9.17) is 10.8 Å². The van der Waals surface area contributed by atoms with Crippen LogP contribution in [0, 0.1) is 0 Å². The van der Waals surface area contributed by atoms with E-state index in [0.717, 1.165) is 7.48 Å². The summed E-state index contributed by atoms with van der Waals surface area (Å²) in [7, 11) is 0.944. The van der Waals surface area contributed by atoms with Crippen LogP contribution in [0.15, 0.2) is 0 Å². The molecule has 1 atom stereocenters. The Morgan fingerprint density at radius 1 is 2.00 bits per heavy atom. The molecule has 0 saturated carbocycles. The summed E-state index contributed by atoms with van der Waals surface area (Å²) < 4.78 is 0. The first-order valence-corrected chi connectivity index (χ1v) is 1.50. The summed E-state index contributed by atoms with van der Waals surface area (Å²) in [6.07, 6.45) is 0. The number of nitrogens with two attached hydrogens (primary N) is 1. The fourth-order valence-corrected chi connectivity index (χ4v) is 0. The van der Waals surface area contributed by atoms with Crippen LogP contribution >= 0.6 is 0 Å². The van der Waals surface area contributed by atoms with Crippen LogP contribution < -0.4 is 5.73 Å². The van der Waals surface area contributed by atoms with Crippen LogP contribution in [0.4, 0.5) is 0 Å². The SMILES string of the molecule is CC(N)[B]O. The van der Waals surface area contributed by atoms with E-state index >= 15 is 0 Å². The molecule has 0 aliphatic rings. The molecule has 5 heavy (non-hydrogen) atoms. The van der Waals surface area contributed by atoms with Gasteiger partial charge in [0, 0.05) is 5.94 Å². The first-order valence-electron chi connectivity index (χ1n) is 1.50. The van der Waals surface area contributed by atoms with Gasteiger partial charge in [-0.2, -0.15) is 0 Å². The second kappa shape index (κ2) is 2.24. The third-order valence-corrected chi connectivity index (χ3v) is 0.235. The Bertz CT molecular complexity index is 23.6. The van der Waals surface area contributed by atoms with Crippen molar-refractivity contribution in [3.63, 3.8) is 0 Å². The zero-order chi connectivity index (χ0) is 4.28. The first kappa shape index (κ1) is 4.98. The molecule has 3 N–H and O–H groups in total. The fourth-order valence-electron chi connectivity index (χ4n) is 0. The lowest BCUT2D eigenvalue weighted by atomic mass is 9.92. The monoisotopic (exact) mass is 72.1 g/mol. The molecule has 2 nitrogen and oxygen atoms in total. The van der Waals surface area contributed by atoms with Gasteiger partial charge in [-0.1, -0.05) is 6.92 Å². The van der Waals surface area contributed by atoms with Gasteiger partial charge in [0.2, 0.25) is 0 Å². The summed E-state index contributed by atoms with van der Waals surface area (Å²) in [5, 5.41) is 7.89.